The molecule has 0 spiro atoms. The number of ether oxygens (including phenoxy) is 4. The fourth-order valence-electron chi connectivity index (χ4n) is 2.64. The summed E-state index contributed by atoms with van der Waals surface area (Å²) in [6, 6.07) is 10.4. The molecule has 1 aliphatic heterocycles. The molecular weight excluding hydrogens is 419 g/mol. The molecule has 1 aliphatic rings. The summed E-state index contributed by atoms with van der Waals surface area (Å²) in [5.41, 5.74) is 0.907. The van der Waals surface area contributed by atoms with E-state index in [0.717, 1.165) is 5.56 Å². The summed E-state index contributed by atoms with van der Waals surface area (Å²) < 4.78 is 21.3. The summed E-state index contributed by atoms with van der Waals surface area (Å²) in [4.78, 5) is 24.3. The molecule has 8 heteroatoms. The fourth-order valence-corrected chi connectivity index (χ4v) is 3.04. The summed E-state index contributed by atoms with van der Waals surface area (Å²) in [5.74, 6) is -2.15. The lowest BCUT2D eigenvalue weighted by atomic mass is 10.1. The Kier molecular flexibility index (Phi) is 6.05. The van der Waals surface area contributed by atoms with Crippen molar-refractivity contribution in [3.8, 4) is 11.5 Å². The number of methoxy groups -OCH3 is 1. The fraction of sp³-hybridized carbons (Fsp3) is 0.238. The maximum absolute atomic E-state index is 12.1. The average molecular weight is 437 g/mol. The van der Waals surface area contributed by atoms with Crippen molar-refractivity contribution < 1.29 is 28.5 Å². The third-order valence-electron chi connectivity index (χ3n) is 4.04. The van der Waals surface area contributed by atoms with E-state index in [0.29, 0.717) is 22.1 Å². The molecule has 0 bridgehead atoms. The summed E-state index contributed by atoms with van der Waals surface area (Å²) in [6.45, 7) is 3.15. The average Bonchev–Trinajstić information content (AvgIpc) is 2.64. The SMILES string of the molecule is COc1cc(C=C2C(=O)OC(C)(C)OC2=O)c(Cl)cc1OCc1ccccc1Cl. The number of benzene rings is 2. The van der Waals surface area contributed by atoms with Gasteiger partial charge in [0.2, 0.25) is 0 Å². The van der Waals surface area contributed by atoms with Gasteiger partial charge < -0.3 is 18.9 Å². The highest BCUT2D eigenvalue weighted by Gasteiger charge is 2.39. The van der Waals surface area contributed by atoms with E-state index in [2.05, 4.69) is 0 Å². The number of hydrogen-bond donors (Lipinski definition) is 0. The predicted molar refractivity (Wildman–Crippen MR) is 108 cm³/mol. The van der Waals surface area contributed by atoms with E-state index in [-0.39, 0.29) is 17.2 Å². The number of carbonyl (C=O) groups excluding carboxylic acids is 2. The van der Waals surface area contributed by atoms with Crippen LogP contribution in [-0.4, -0.2) is 24.8 Å². The second-order valence-electron chi connectivity index (χ2n) is 6.64. The highest BCUT2D eigenvalue weighted by Crippen LogP contribution is 2.36. The van der Waals surface area contributed by atoms with Gasteiger partial charge in [0.15, 0.2) is 11.5 Å². The lowest BCUT2D eigenvalue weighted by Crippen LogP contribution is -2.41. The molecule has 0 radical (unpaired) electrons. The predicted octanol–water partition coefficient (Wildman–Crippen LogP) is 4.80. The van der Waals surface area contributed by atoms with Crippen LogP contribution < -0.4 is 9.47 Å². The summed E-state index contributed by atoms with van der Waals surface area (Å²) in [7, 11) is 1.47. The molecule has 0 N–H and O–H groups in total. The Morgan fingerprint density at radius 2 is 1.66 bits per heavy atom. The van der Waals surface area contributed by atoms with Crippen LogP contribution in [0, 0.1) is 0 Å². The van der Waals surface area contributed by atoms with Crippen LogP contribution in [0.1, 0.15) is 25.0 Å². The van der Waals surface area contributed by atoms with Gasteiger partial charge >= 0.3 is 11.9 Å². The molecule has 3 rings (SSSR count). The number of hydrogen-bond acceptors (Lipinski definition) is 6. The standard InChI is InChI=1S/C21H18Cl2O6/c1-21(2)28-19(24)14(20(25)29-21)8-13-9-17(26-3)18(10-16(13)23)27-11-12-6-4-5-7-15(12)22/h4-10H,11H2,1-3H3. The lowest BCUT2D eigenvalue weighted by Gasteiger charge is -2.29. The van der Waals surface area contributed by atoms with Gasteiger partial charge in [-0.1, -0.05) is 41.4 Å². The Morgan fingerprint density at radius 1 is 1.00 bits per heavy atom. The lowest BCUT2D eigenvalue weighted by molar-refractivity contribution is -0.222. The van der Waals surface area contributed by atoms with Crippen LogP contribution >= 0.6 is 23.2 Å². The zero-order chi connectivity index (χ0) is 21.2. The molecule has 1 heterocycles. The van der Waals surface area contributed by atoms with E-state index in [1.165, 1.54) is 33.1 Å². The van der Waals surface area contributed by atoms with Gasteiger partial charge in [0.25, 0.3) is 5.79 Å². The Morgan fingerprint density at radius 3 is 2.28 bits per heavy atom. The molecule has 29 heavy (non-hydrogen) atoms. The zero-order valence-corrected chi connectivity index (χ0v) is 17.5. The van der Waals surface area contributed by atoms with Gasteiger partial charge in [-0.15, -0.1) is 0 Å². The third-order valence-corrected chi connectivity index (χ3v) is 4.74. The van der Waals surface area contributed by atoms with Crippen molar-refractivity contribution >= 4 is 41.2 Å². The minimum absolute atomic E-state index is 0.209. The minimum atomic E-state index is -1.32. The van der Waals surface area contributed by atoms with Gasteiger partial charge in [-0.05, 0) is 23.8 Å². The van der Waals surface area contributed by atoms with Crippen LogP contribution in [0.5, 0.6) is 11.5 Å². The molecule has 0 saturated carbocycles. The van der Waals surface area contributed by atoms with Crippen LogP contribution in [0.2, 0.25) is 10.0 Å². The highest BCUT2D eigenvalue weighted by molar-refractivity contribution is 6.33. The van der Waals surface area contributed by atoms with E-state index < -0.39 is 17.7 Å². The van der Waals surface area contributed by atoms with Gasteiger partial charge in [0.1, 0.15) is 12.2 Å². The van der Waals surface area contributed by atoms with Gasteiger partial charge in [0, 0.05) is 30.5 Å². The first-order valence-corrected chi connectivity index (χ1v) is 9.38. The van der Waals surface area contributed by atoms with Crippen molar-refractivity contribution in [1.29, 1.82) is 0 Å². The second-order valence-corrected chi connectivity index (χ2v) is 7.46. The number of halogens is 2. The third kappa shape index (κ3) is 4.83. The summed E-state index contributed by atoms with van der Waals surface area (Å²) in [6.07, 6.45) is 1.29. The summed E-state index contributed by atoms with van der Waals surface area (Å²) in [5, 5.41) is 0.828. The number of esters is 2. The number of rotatable bonds is 5. The second kappa shape index (κ2) is 8.35. The zero-order valence-electron chi connectivity index (χ0n) is 16.0. The molecule has 0 aliphatic carbocycles. The van der Waals surface area contributed by atoms with Gasteiger partial charge in [-0.25, -0.2) is 9.59 Å². The quantitative estimate of drug-likeness (QED) is 0.380. The van der Waals surface area contributed by atoms with Gasteiger partial charge in [0.05, 0.1) is 12.1 Å². The molecule has 0 amide bonds. The number of carbonyl (C=O) groups is 2. The maximum atomic E-state index is 12.1. The summed E-state index contributed by atoms with van der Waals surface area (Å²) >= 11 is 12.5. The molecule has 2 aromatic carbocycles. The number of cyclic esters (lactones) is 2. The van der Waals surface area contributed by atoms with Crippen LogP contribution in [0.4, 0.5) is 0 Å². The first-order valence-electron chi connectivity index (χ1n) is 8.62. The van der Waals surface area contributed by atoms with Crippen molar-refractivity contribution in [2.45, 2.75) is 26.2 Å². The first kappa shape index (κ1) is 21.0. The van der Waals surface area contributed by atoms with Crippen molar-refractivity contribution in [1.82, 2.24) is 0 Å². The molecule has 6 nitrogen and oxygen atoms in total. The molecule has 0 aromatic heterocycles. The normalized spacial score (nSPS) is 15.4. The minimum Gasteiger partial charge on any atom is -0.493 e. The molecule has 0 unspecified atom stereocenters. The molecule has 1 saturated heterocycles. The molecule has 0 atom stereocenters. The Balaban J connectivity index is 1.88. The van der Waals surface area contributed by atoms with E-state index in [1.54, 1.807) is 12.1 Å². The van der Waals surface area contributed by atoms with Crippen molar-refractivity contribution in [2.75, 3.05) is 7.11 Å². The van der Waals surface area contributed by atoms with Crippen LogP contribution in [0.15, 0.2) is 42.0 Å². The van der Waals surface area contributed by atoms with Crippen molar-refractivity contribution in [2.24, 2.45) is 0 Å². The maximum Gasteiger partial charge on any atom is 0.348 e. The van der Waals surface area contributed by atoms with E-state index in [1.807, 2.05) is 18.2 Å². The topological polar surface area (TPSA) is 71.1 Å². The molecular formula is C21H18Cl2O6. The Hall–Kier alpha value is -2.70. The van der Waals surface area contributed by atoms with E-state index in [9.17, 15) is 9.59 Å². The van der Waals surface area contributed by atoms with Gasteiger partial charge in [-0.3, -0.25) is 0 Å². The molecule has 152 valence electrons. The smallest absolute Gasteiger partial charge is 0.348 e. The van der Waals surface area contributed by atoms with Crippen molar-refractivity contribution in [3.63, 3.8) is 0 Å². The van der Waals surface area contributed by atoms with Crippen LogP contribution in [0.25, 0.3) is 6.08 Å². The largest absolute Gasteiger partial charge is 0.493 e. The molecule has 1 fully saturated rings. The van der Waals surface area contributed by atoms with Crippen LogP contribution in [0.3, 0.4) is 0 Å². The van der Waals surface area contributed by atoms with Gasteiger partial charge in [-0.2, -0.15) is 0 Å². The van der Waals surface area contributed by atoms with E-state index >= 15 is 0 Å². The Bertz CT molecular complexity index is 975. The van der Waals surface area contributed by atoms with Crippen molar-refractivity contribution in [3.05, 3.63) is 63.1 Å². The first-order chi connectivity index (χ1) is 13.7. The molecule has 2 aromatic rings. The Labute approximate surface area is 177 Å². The van der Waals surface area contributed by atoms with Crippen LogP contribution in [-0.2, 0) is 25.7 Å². The highest BCUT2D eigenvalue weighted by atomic mass is 35.5. The monoisotopic (exact) mass is 436 g/mol. The van der Waals surface area contributed by atoms with E-state index in [4.69, 9.17) is 42.1 Å².